The summed E-state index contributed by atoms with van der Waals surface area (Å²) in [5.74, 6) is 0.0219. The van der Waals surface area contributed by atoms with E-state index in [2.05, 4.69) is 20.6 Å². The summed E-state index contributed by atoms with van der Waals surface area (Å²) >= 11 is 6.44. The number of aliphatic hydroxyl groups is 1. The molecule has 2 aliphatic rings. The summed E-state index contributed by atoms with van der Waals surface area (Å²) < 4.78 is 5.41. The van der Waals surface area contributed by atoms with Crippen LogP contribution in [0.3, 0.4) is 0 Å². The van der Waals surface area contributed by atoms with E-state index >= 15 is 0 Å². The summed E-state index contributed by atoms with van der Waals surface area (Å²) in [7, 11) is 0. The van der Waals surface area contributed by atoms with E-state index in [9.17, 15) is 14.7 Å². The second kappa shape index (κ2) is 11.5. The molecular weight excluding hydrogens is 506 g/mol. The molecule has 2 aromatic carbocycles. The largest absolute Gasteiger partial charge is 0.392 e. The third-order valence-corrected chi connectivity index (χ3v) is 7.18. The normalized spacial score (nSPS) is 16.3. The molecule has 0 bridgehead atoms. The molecule has 1 fully saturated rings. The molecule has 5 rings (SSSR count). The number of carbonyl (C=O) groups excluding carboxylic acids is 2. The standard InChI is InChI=1S/C28H30ClN5O4/c1-17(19-4-2-3-18(11-19)16-35)31-25(36)15-34-14-21-6-5-20(12-23(21)27(34)37)26-24(29)13-30-28(33-26)32-22-7-9-38-10-8-22/h2-6,11-13,17,22,35H,7-10,14-16H2,1H3,(H,31,36)(H,30,32,33). The van der Waals surface area contributed by atoms with Crippen LogP contribution in [0.1, 0.15) is 52.9 Å². The predicted molar refractivity (Wildman–Crippen MR) is 144 cm³/mol. The molecule has 2 aliphatic heterocycles. The van der Waals surface area contributed by atoms with Crippen molar-refractivity contribution in [3.05, 3.63) is 75.9 Å². The molecule has 1 atom stereocenters. The number of aliphatic hydroxyl groups excluding tert-OH is 1. The van der Waals surface area contributed by atoms with Crippen LogP contribution in [0.2, 0.25) is 5.02 Å². The summed E-state index contributed by atoms with van der Waals surface area (Å²) in [5, 5.41) is 16.0. The van der Waals surface area contributed by atoms with Gasteiger partial charge in [-0.25, -0.2) is 9.97 Å². The summed E-state index contributed by atoms with van der Waals surface area (Å²) in [4.78, 5) is 36.4. The quantitative estimate of drug-likeness (QED) is 0.402. The molecule has 1 unspecified atom stereocenters. The number of hydrogen-bond acceptors (Lipinski definition) is 7. The highest BCUT2D eigenvalue weighted by Crippen LogP contribution is 2.31. The van der Waals surface area contributed by atoms with Crippen molar-refractivity contribution in [2.75, 3.05) is 25.1 Å². The van der Waals surface area contributed by atoms with Crippen molar-refractivity contribution >= 4 is 29.4 Å². The van der Waals surface area contributed by atoms with Gasteiger partial charge in [-0.15, -0.1) is 0 Å². The fourth-order valence-corrected chi connectivity index (χ4v) is 5.00. The van der Waals surface area contributed by atoms with Gasteiger partial charge in [-0.1, -0.05) is 48.0 Å². The number of aromatic nitrogens is 2. The van der Waals surface area contributed by atoms with Crippen molar-refractivity contribution in [1.82, 2.24) is 20.2 Å². The lowest BCUT2D eigenvalue weighted by molar-refractivity contribution is -0.122. The van der Waals surface area contributed by atoms with Crippen LogP contribution in [0, 0.1) is 0 Å². The Morgan fingerprint density at radius 1 is 1.24 bits per heavy atom. The van der Waals surface area contributed by atoms with Crippen molar-refractivity contribution < 1.29 is 19.4 Å². The number of halogens is 1. The van der Waals surface area contributed by atoms with Crippen LogP contribution in [0.25, 0.3) is 11.3 Å². The molecule has 3 heterocycles. The van der Waals surface area contributed by atoms with Gasteiger partial charge in [-0.05, 0) is 42.5 Å². The maximum absolute atomic E-state index is 13.2. The highest BCUT2D eigenvalue weighted by Gasteiger charge is 2.30. The first-order chi connectivity index (χ1) is 18.4. The van der Waals surface area contributed by atoms with E-state index in [0.29, 0.717) is 47.6 Å². The fourth-order valence-electron chi connectivity index (χ4n) is 4.80. The Bertz CT molecular complexity index is 1340. The smallest absolute Gasteiger partial charge is 0.254 e. The number of rotatable bonds is 8. The maximum Gasteiger partial charge on any atom is 0.254 e. The molecule has 10 heteroatoms. The van der Waals surface area contributed by atoms with Gasteiger partial charge in [-0.3, -0.25) is 9.59 Å². The lowest BCUT2D eigenvalue weighted by atomic mass is 10.0. The highest BCUT2D eigenvalue weighted by atomic mass is 35.5. The summed E-state index contributed by atoms with van der Waals surface area (Å²) in [5.41, 5.74) is 4.30. The minimum absolute atomic E-state index is 0.0552. The monoisotopic (exact) mass is 535 g/mol. The van der Waals surface area contributed by atoms with Crippen molar-refractivity contribution in [3.8, 4) is 11.3 Å². The molecule has 3 N–H and O–H groups in total. The lowest BCUT2D eigenvalue weighted by Gasteiger charge is -2.23. The van der Waals surface area contributed by atoms with E-state index in [1.165, 1.54) is 4.90 Å². The third-order valence-electron chi connectivity index (χ3n) is 6.91. The minimum Gasteiger partial charge on any atom is -0.392 e. The minimum atomic E-state index is -0.260. The van der Waals surface area contributed by atoms with Crippen molar-refractivity contribution in [2.24, 2.45) is 0 Å². The first-order valence-corrected chi connectivity index (χ1v) is 13.1. The summed E-state index contributed by atoms with van der Waals surface area (Å²) in [6, 6.07) is 12.9. The van der Waals surface area contributed by atoms with Crippen LogP contribution in [0.4, 0.5) is 5.95 Å². The van der Waals surface area contributed by atoms with Crippen molar-refractivity contribution in [1.29, 1.82) is 0 Å². The van der Waals surface area contributed by atoms with Gasteiger partial charge in [0.05, 0.1) is 29.6 Å². The molecule has 0 saturated carbocycles. The van der Waals surface area contributed by atoms with Crippen molar-refractivity contribution in [3.63, 3.8) is 0 Å². The van der Waals surface area contributed by atoms with Crippen molar-refractivity contribution in [2.45, 2.75) is 45.0 Å². The molecule has 3 aromatic rings. The fraction of sp³-hybridized carbons (Fsp3) is 0.357. The number of amides is 2. The highest BCUT2D eigenvalue weighted by molar-refractivity contribution is 6.33. The van der Waals surface area contributed by atoms with Gasteiger partial charge >= 0.3 is 0 Å². The van der Waals surface area contributed by atoms with Gasteiger partial charge in [0.1, 0.15) is 6.54 Å². The van der Waals surface area contributed by atoms with Crippen LogP contribution in [-0.2, 0) is 22.7 Å². The molecule has 9 nitrogen and oxygen atoms in total. The first-order valence-electron chi connectivity index (χ1n) is 12.7. The van der Waals surface area contributed by atoms with Gasteiger partial charge < -0.3 is 25.4 Å². The number of hydrogen-bond donors (Lipinski definition) is 3. The Morgan fingerprint density at radius 3 is 2.84 bits per heavy atom. The first kappa shape index (κ1) is 26.1. The van der Waals surface area contributed by atoms with Crippen LogP contribution < -0.4 is 10.6 Å². The number of carbonyl (C=O) groups is 2. The van der Waals surface area contributed by atoms with Gasteiger partial charge in [0, 0.05) is 36.9 Å². The van der Waals surface area contributed by atoms with Crippen LogP contribution >= 0.6 is 11.6 Å². The number of fused-ring (bicyclic) bond motifs is 1. The van der Waals surface area contributed by atoms with Crippen LogP contribution in [0.5, 0.6) is 0 Å². The summed E-state index contributed by atoms with van der Waals surface area (Å²) in [6.07, 6.45) is 3.33. The number of benzene rings is 2. The van der Waals surface area contributed by atoms with E-state index in [4.69, 9.17) is 16.3 Å². The van der Waals surface area contributed by atoms with E-state index in [1.54, 1.807) is 12.3 Å². The Hall–Kier alpha value is -3.53. The molecule has 198 valence electrons. The molecular formula is C28H30ClN5O4. The molecule has 1 saturated heterocycles. The Morgan fingerprint density at radius 2 is 2.05 bits per heavy atom. The lowest BCUT2D eigenvalue weighted by Crippen LogP contribution is -2.38. The number of nitrogens with one attached hydrogen (secondary N) is 2. The SMILES string of the molecule is CC(NC(=O)CN1Cc2ccc(-c3nc(NC4CCOCC4)ncc3Cl)cc2C1=O)c1cccc(CO)c1. The van der Waals surface area contributed by atoms with Gasteiger partial charge in [0.15, 0.2) is 0 Å². The van der Waals surface area contributed by atoms with E-state index in [1.807, 2.05) is 43.3 Å². The van der Waals surface area contributed by atoms with Crippen LogP contribution in [-0.4, -0.2) is 57.6 Å². The molecule has 0 aliphatic carbocycles. The zero-order valence-electron chi connectivity index (χ0n) is 21.1. The van der Waals surface area contributed by atoms with Gasteiger partial charge in [0.2, 0.25) is 11.9 Å². The third kappa shape index (κ3) is 5.80. The number of anilines is 1. The molecule has 38 heavy (non-hydrogen) atoms. The topological polar surface area (TPSA) is 117 Å². The van der Waals surface area contributed by atoms with Gasteiger partial charge in [-0.2, -0.15) is 0 Å². The Labute approximate surface area is 226 Å². The summed E-state index contributed by atoms with van der Waals surface area (Å²) in [6.45, 7) is 3.51. The number of ether oxygens (including phenoxy) is 1. The second-order valence-corrected chi connectivity index (χ2v) is 10.1. The molecule has 1 aromatic heterocycles. The maximum atomic E-state index is 13.2. The zero-order valence-corrected chi connectivity index (χ0v) is 21.9. The van der Waals surface area contributed by atoms with Gasteiger partial charge in [0.25, 0.3) is 5.91 Å². The van der Waals surface area contributed by atoms with E-state index < -0.39 is 0 Å². The van der Waals surface area contributed by atoms with Crippen LogP contribution in [0.15, 0.2) is 48.7 Å². The molecule has 0 spiro atoms. The zero-order chi connectivity index (χ0) is 26.6. The number of nitrogens with zero attached hydrogens (tertiary/aromatic N) is 3. The Balaban J connectivity index is 1.26. The average Bonchev–Trinajstić information content (AvgIpc) is 3.24. The average molecular weight is 536 g/mol. The second-order valence-electron chi connectivity index (χ2n) is 9.65. The molecule has 2 amide bonds. The van der Waals surface area contributed by atoms with E-state index in [0.717, 1.165) is 29.5 Å². The Kier molecular flexibility index (Phi) is 7.87. The molecule has 0 radical (unpaired) electrons. The van der Waals surface area contributed by atoms with E-state index in [-0.39, 0.29) is 37.0 Å². The predicted octanol–water partition coefficient (Wildman–Crippen LogP) is 3.71.